The third-order valence-corrected chi connectivity index (χ3v) is 6.98. The topological polar surface area (TPSA) is 50.6 Å². The zero-order valence-corrected chi connectivity index (χ0v) is 21.6. The van der Waals surface area contributed by atoms with E-state index in [2.05, 4.69) is 15.9 Å². The van der Waals surface area contributed by atoms with Crippen LogP contribution in [-0.4, -0.2) is 22.8 Å². The summed E-state index contributed by atoms with van der Waals surface area (Å²) in [7, 11) is 1.65. The van der Waals surface area contributed by atoms with Crippen molar-refractivity contribution in [2.24, 2.45) is 5.10 Å². The zero-order valence-electron chi connectivity index (χ0n) is 20.0. The molecule has 1 aliphatic heterocycles. The molecule has 0 saturated heterocycles. The Balaban J connectivity index is 1.52. The molecule has 0 N–H and O–H groups in total. The molecule has 5 nitrogen and oxygen atoms in total. The number of benzene rings is 4. The first-order valence-corrected chi connectivity index (χ1v) is 12.7. The summed E-state index contributed by atoms with van der Waals surface area (Å²) in [6.07, 6.45) is 0.625. The summed E-state index contributed by atoms with van der Waals surface area (Å²) in [6.45, 7) is 0. The van der Waals surface area contributed by atoms with E-state index in [1.807, 2.05) is 77.8 Å². The summed E-state index contributed by atoms with van der Waals surface area (Å²) in [6, 6.07) is 30.3. The maximum absolute atomic E-state index is 13.8. The molecule has 0 amide bonds. The largest absolute Gasteiger partial charge is 0.497 e. The van der Waals surface area contributed by atoms with Gasteiger partial charge in [-0.05, 0) is 65.7 Å². The lowest BCUT2D eigenvalue weighted by atomic mass is 9.98. The van der Waals surface area contributed by atoms with E-state index in [-0.39, 0.29) is 11.9 Å². The number of nitrogens with zero attached hydrogens (tertiary/aromatic N) is 4. The van der Waals surface area contributed by atoms with E-state index in [4.69, 9.17) is 19.8 Å². The van der Waals surface area contributed by atoms with Gasteiger partial charge in [0.1, 0.15) is 11.6 Å². The van der Waals surface area contributed by atoms with E-state index in [0.717, 1.165) is 49.2 Å². The lowest BCUT2D eigenvalue weighted by Gasteiger charge is -2.23. The molecule has 1 aliphatic rings. The summed E-state index contributed by atoms with van der Waals surface area (Å²) >= 11 is 3.59. The number of aromatic nitrogens is 2. The van der Waals surface area contributed by atoms with Crippen molar-refractivity contribution in [1.29, 1.82) is 0 Å². The molecule has 182 valence electrons. The van der Waals surface area contributed by atoms with E-state index in [1.54, 1.807) is 19.2 Å². The molecule has 37 heavy (non-hydrogen) atoms. The van der Waals surface area contributed by atoms with E-state index in [9.17, 15) is 4.39 Å². The van der Waals surface area contributed by atoms with Crippen LogP contribution >= 0.6 is 15.9 Å². The zero-order chi connectivity index (χ0) is 25.4. The van der Waals surface area contributed by atoms with Gasteiger partial charge in [-0.2, -0.15) is 5.10 Å². The lowest BCUT2D eigenvalue weighted by Crippen LogP contribution is -2.21. The Labute approximate surface area is 222 Å². The average molecular weight is 553 g/mol. The molecule has 0 saturated carbocycles. The van der Waals surface area contributed by atoms with Crippen LogP contribution in [0.15, 0.2) is 107 Å². The molecule has 0 spiro atoms. The van der Waals surface area contributed by atoms with Gasteiger partial charge in [0.05, 0.1) is 30.1 Å². The Morgan fingerprint density at radius 3 is 2.35 bits per heavy atom. The first-order valence-electron chi connectivity index (χ1n) is 11.9. The number of hydrazone groups is 1. The van der Waals surface area contributed by atoms with Gasteiger partial charge in [0, 0.05) is 21.8 Å². The van der Waals surface area contributed by atoms with Crippen LogP contribution in [0.3, 0.4) is 0 Å². The second-order valence-electron chi connectivity index (χ2n) is 8.79. The molecule has 6 rings (SSSR count). The lowest BCUT2D eigenvalue weighted by molar-refractivity contribution is 0.415. The van der Waals surface area contributed by atoms with Gasteiger partial charge in [0.25, 0.3) is 0 Å². The van der Waals surface area contributed by atoms with Gasteiger partial charge in [-0.3, -0.25) is 0 Å². The predicted molar refractivity (Wildman–Crippen MR) is 148 cm³/mol. The van der Waals surface area contributed by atoms with Gasteiger partial charge in [-0.15, -0.1) is 0 Å². The fourth-order valence-corrected chi connectivity index (χ4v) is 4.97. The summed E-state index contributed by atoms with van der Waals surface area (Å²) in [5.74, 6) is 1.00. The molecule has 2 heterocycles. The van der Waals surface area contributed by atoms with Crippen molar-refractivity contribution < 1.29 is 9.13 Å². The monoisotopic (exact) mass is 552 g/mol. The van der Waals surface area contributed by atoms with Crippen molar-refractivity contribution in [1.82, 2.24) is 9.97 Å². The van der Waals surface area contributed by atoms with E-state index in [0.29, 0.717) is 12.4 Å². The normalized spacial score (nSPS) is 15.2. The molecule has 1 unspecified atom stereocenters. The maximum atomic E-state index is 13.8. The second kappa shape index (κ2) is 9.75. The minimum atomic E-state index is -0.275. The second-order valence-corrected chi connectivity index (χ2v) is 9.71. The van der Waals surface area contributed by atoms with Crippen LogP contribution in [0.5, 0.6) is 5.75 Å². The highest BCUT2D eigenvalue weighted by molar-refractivity contribution is 9.10. The number of hydrogen-bond donors (Lipinski definition) is 0. The predicted octanol–water partition coefficient (Wildman–Crippen LogP) is 7.56. The highest BCUT2D eigenvalue weighted by Crippen LogP contribution is 2.38. The van der Waals surface area contributed by atoms with Crippen LogP contribution in [0.4, 0.5) is 10.3 Å². The number of fused-ring (bicyclic) bond motifs is 1. The number of methoxy groups -OCH3 is 1. The van der Waals surface area contributed by atoms with Gasteiger partial charge in [-0.25, -0.2) is 19.4 Å². The van der Waals surface area contributed by atoms with Gasteiger partial charge in [0.15, 0.2) is 0 Å². The van der Waals surface area contributed by atoms with Gasteiger partial charge < -0.3 is 4.74 Å². The molecule has 7 heteroatoms. The minimum Gasteiger partial charge on any atom is -0.497 e. The third-order valence-electron chi connectivity index (χ3n) is 6.49. The highest BCUT2D eigenvalue weighted by atomic mass is 79.9. The molecular weight excluding hydrogens is 531 g/mol. The van der Waals surface area contributed by atoms with E-state index in [1.165, 1.54) is 12.1 Å². The van der Waals surface area contributed by atoms with Gasteiger partial charge in [-0.1, -0.05) is 58.4 Å². The Hall–Kier alpha value is -4.10. The first kappa shape index (κ1) is 23.3. The summed E-state index contributed by atoms with van der Waals surface area (Å²) in [5.41, 5.74) is 5.47. The van der Waals surface area contributed by atoms with E-state index >= 15 is 0 Å². The van der Waals surface area contributed by atoms with Crippen molar-refractivity contribution in [3.8, 4) is 17.0 Å². The quantitative estimate of drug-likeness (QED) is 0.225. The molecule has 0 bridgehead atoms. The summed E-state index contributed by atoms with van der Waals surface area (Å²) < 4.78 is 20.0. The fraction of sp³-hybridized carbons (Fsp3) is 0.100. The fourth-order valence-electron chi connectivity index (χ4n) is 4.60. The van der Waals surface area contributed by atoms with Crippen LogP contribution in [-0.2, 0) is 0 Å². The Bertz CT molecular complexity index is 1610. The number of anilines is 1. The molecule has 0 aliphatic carbocycles. The van der Waals surface area contributed by atoms with E-state index < -0.39 is 0 Å². The molecule has 0 fully saturated rings. The minimum absolute atomic E-state index is 0.186. The number of ether oxygens (including phenoxy) is 1. The van der Waals surface area contributed by atoms with Crippen molar-refractivity contribution in [3.63, 3.8) is 0 Å². The number of halogens is 2. The summed E-state index contributed by atoms with van der Waals surface area (Å²) in [5, 5.41) is 7.81. The standard InChI is InChI=1S/C30H22BrFN4O/c1-37-24-14-9-19(10-15-24)27-18-28(20-7-12-23(32)13-8-20)36(35-27)30-33-26-16-11-22(31)17-25(26)29(34-30)21-5-3-2-4-6-21/h2-17,28H,18H2,1H3. The first-order chi connectivity index (χ1) is 18.1. The van der Waals surface area contributed by atoms with Crippen LogP contribution < -0.4 is 9.75 Å². The van der Waals surface area contributed by atoms with Crippen LogP contribution in [0.1, 0.15) is 23.6 Å². The Morgan fingerprint density at radius 1 is 0.865 bits per heavy atom. The number of hydrogen-bond acceptors (Lipinski definition) is 5. The van der Waals surface area contributed by atoms with Gasteiger partial charge in [0.2, 0.25) is 5.95 Å². The smallest absolute Gasteiger partial charge is 0.247 e. The summed E-state index contributed by atoms with van der Waals surface area (Å²) in [4.78, 5) is 9.96. The SMILES string of the molecule is COc1ccc(C2=NN(c3nc(-c4ccccc4)c4cc(Br)ccc4n3)C(c3ccc(F)cc3)C2)cc1. The van der Waals surface area contributed by atoms with Crippen molar-refractivity contribution in [2.45, 2.75) is 12.5 Å². The molecule has 0 radical (unpaired) electrons. The third kappa shape index (κ3) is 4.58. The van der Waals surface area contributed by atoms with Crippen molar-refractivity contribution in [2.75, 3.05) is 12.1 Å². The molecular formula is C30H22BrFN4O. The Morgan fingerprint density at radius 2 is 1.62 bits per heavy atom. The molecule has 4 aromatic carbocycles. The van der Waals surface area contributed by atoms with Crippen molar-refractivity contribution >= 4 is 38.5 Å². The number of rotatable bonds is 5. The van der Waals surface area contributed by atoms with Gasteiger partial charge >= 0.3 is 0 Å². The maximum Gasteiger partial charge on any atom is 0.247 e. The van der Waals surface area contributed by atoms with Crippen LogP contribution in [0.2, 0.25) is 0 Å². The Kier molecular flexibility index (Phi) is 6.14. The molecule has 1 atom stereocenters. The van der Waals surface area contributed by atoms with Crippen molar-refractivity contribution in [3.05, 3.63) is 118 Å². The highest BCUT2D eigenvalue weighted by Gasteiger charge is 2.32. The van der Waals surface area contributed by atoms with Crippen LogP contribution in [0, 0.1) is 5.82 Å². The average Bonchev–Trinajstić information content (AvgIpc) is 3.39. The molecule has 5 aromatic rings. The molecule has 1 aromatic heterocycles. The van der Waals surface area contributed by atoms with Crippen LogP contribution in [0.25, 0.3) is 22.2 Å².